The van der Waals surface area contributed by atoms with E-state index in [1.165, 1.54) is 0 Å². The van der Waals surface area contributed by atoms with Crippen LogP contribution >= 0.6 is 28.3 Å². The van der Waals surface area contributed by atoms with Gasteiger partial charge in [0.2, 0.25) is 5.91 Å². The Morgan fingerprint density at radius 3 is 2.68 bits per heavy atom. The summed E-state index contributed by atoms with van der Waals surface area (Å²) in [6.07, 6.45) is 1.64. The largest absolute Gasteiger partial charge is 0.350 e. The first-order chi connectivity index (χ1) is 11.2. The fourth-order valence-electron chi connectivity index (χ4n) is 2.90. The molecule has 0 bridgehead atoms. The average molecular weight is 433 g/mol. The second-order valence-electron chi connectivity index (χ2n) is 7.13. The normalized spacial score (nSPS) is 17.6. The van der Waals surface area contributed by atoms with E-state index in [-0.39, 0.29) is 30.1 Å². The number of nitrogens with two attached hydrogens (primary N) is 1. The summed E-state index contributed by atoms with van der Waals surface area (Å²) in [4.78, 5) is 27.1. The van der Waals surface area contributed by atoms with Gasteiger partial charge in [0.1, 0.15) is 0 Å². The molecule has 1 aromatic carbocycles. The molecule has 1 saturated heterocycles. The zero-order chi connectivity index (χ0) is 17.9. The SMILES string of the molecule is Cc1cc(Br)ccc1C(=O)N1CCCC(C(=O)NC(C)(C)CN)C1.Cl. The van der Waals surface area contributed by atoms with Crippen molar-refractivity contribution in [2.24, 2.45) is 11.7 Å². The molecule has 1 aromatic rings. The van der Waals surface area contributed by atoms with Gasteiger partial charge < -0.3 is 16.0 Å². The minimum atomic E-state index is -0.425. The molecule has 2 rings (SSSR count). The Labute approximate surface area is 164 Å². The molecule has 1 aliphatic rings. The summed E-state index contributed by atoms with van der Waals surface area (Å²) in [5.74, 6) is -0.199. The second-order valence-corrected chi connectivity index (χ2v) is 8.04. The number of amides is 2. The highest BCUT2D eigenvalue weighted by Gasteiger charge is 2.31. The molecule has 0 saturated carbocycles. The van der Waals surface area contributed by atoms with Gasteiger partial charge in [0.15, 0.2) is 0 Å². The summed E-state index contributed by atoms with van der Waals surface area (Å²) in [5, 5.41) is 2.99. The lowest BCUT2D eigenvalue weighted by atomic mass is 9.94. The molecule has 7 heteroatoms. The molecule has 1 unspecified atom stereocenters. The van der Waals surface area contributed by atoms with E-state index in [0.29, 0.717) is 25.2 Å². The number of nitrogens with zero attached hydrogens (tertiary/aromatic N) is 1. The quantitative estimate of drug-likeness (QED) is 0.768. The predicted octanol–water partition coefficient (Wildman–Crippen LogP) is 2.89. The molecule has 3 N–H and O–H groups in total. The van der Waals surface area contributed by atoms with Crippen molar-refractivity contribution < 1.29 is 9.59 Å². The van der Waals surface area contributed by atoms with Crippen LogP contribution in [0.1, 0.15) is 42.6 Å². The van der Waals surface area contributed by atoms with Crippen LogP contribution in [0, 0.1) is 12.8 Å². The highest BCUT2D eigenvalue weighted by atomic mass is 79.9. The predicted molar refractivity (Wildman–Crippen MR) is 106 cm³/mol. The standard InChI is InChI=1S/C18H26BrN3O2.ClH/c1-12-9-14(19)6-7-15(12)17(24)22-8-4-5-13(10-22)16(23)21-18(2,3)11-20;/h6-7,9,13H,4-5,8,10-11,20H2,1-3H3,(H,21,23);1H. The van der Waals surface area contributed by atoms with Gasteiger partial charge in [0.25, 0.3) is 5.91 Å². The van der Waals surface area contributed by atoms with Gasteiger partial charge in [-0.1, -0.05) is 15.9 Å². The minimum Gasteiger partial charge on any atom is -0.350 e. The zero-order valence-corrected chi connectivity index (χ0v) is 17.4. The first-order valence-corrected chi connectivity index (χ1v) is 9.10. The van der Waals surface area contributed by atoms with Crippen LogP contribution in [0.5, 0.6) is 0 Å². The van der Waals surface area contributed by atoms with Crippen LogP contribution < -0.4 is 11.1 Å². The van der Waals surface area contributed by atoms with Crippen molar-refractivity contribution >= 4 is 40.2 Å². The number of likely N-dealkylation sites (tertiary alicyclic amines) is 1. The number of piperidine rings is 1. The average Bonchev–Trinajstić information content (AvgIpc) is 2.54. The van der Waals surface area contributed by atoms with Gasteiger partial charge in [0, 0.05) is 35.2 Å². The number of rotatable bonds is 4. The lowest BCUT2D eigenvalue weighted by Gasteiger charge is -2.34. The van der Waals surface area contributed by atoms with E-state index in [2.05, 4.69) is 21.2 Å². The molecule has 140 valence electrons. The molecule has 1 aliphatic heterocycles. The van der Waals surface area contributed by atoms with Crippen LogP contribution in [0.15, 0.2) is 22.7 Å². The van der Waals surface area contributed by atoms with Gasteiger partial charge in [-0.05, 0) is 57.4 Å². The number of halogens is 2. The number of aryl methyl sites for hydroxylation is 1. The van der Waals surface area contributed by atoms with Gasteiger partial charge in [-0.2, -0.15) is 0 Å². The number of nitrogens with one attached hydrogen (secondary N) is 1. The number of carbonyl (C=O) groups excluding carboxylic acids is 2. The fraction of sp³-hybridized carbons (Fsp3) is 0.556. The molecule has 5 nitrogen and oxygen atoms in total. The summed E-state index contributed by atoms with van der Waals surface area (Å²) >= 11 is 3.42. The highest BCUT2D eigenvalue weighted by molar-refractivity contribution is 9.10. The Balaban J connectivity index is 0.00000312. The van der Waals surface area contributed by atoms with Crippen LogP contribution in [0.25, 0.3) is 0 Å². The van der Waals surface area contributed by atoms with Crippen molar-refractivity contribution in [2.75, 3.05) is 19.6 Å². The molecule has 2 amide bonds. The summed E-state index contributed by atoms with van der Waals surface area (Å²) in [6, 6.07) is 5.65. The maximum atomic E-state index is 12.8. The maximum absolute atomic E-state index is 12.8. The third kappa shape index (κ3) is 5.69. The highest BCUT2D eigenvalue weighted by Crippen LogP contribution is 2.22. The summed E-state index contributed by atoms with van der Waals surface area (Å²) in [6.45, 7) is 7.27. The van der Waals surface area contributed by atoms with Gasteiger partial charge in [0.05, 0.1) is 5.92 Å². The second kappa shape index (κ2) is 9.01. The summed E-state index contributed by atoms with van der Waals surface area (Å²) in [5.41, 5.74) is 6.89. The molecule has 0 aliphatic carbocycles. The van der Waals surface area contributed by atoms with E-state index in [1.807, 2.05) is 39.0 Å². The molecule has 1 fully saturated rings. The smallest absolute Gasteiger partial charge is 0.254 e. The third-order valence-corrected chi connectivity index (χ3v) is 4.96. The van der Waals surface area contributed by atoms with Crippen molar-refractivity contribution in [3.05, 3.63) is 33.8 Å². The molecular formula is C18H27BrClN3O2. The maximum Gasteiger partial charge on any atom is 0.254 e. The van der Waals surface area contributed by atoms with Crippen molar-refractivity contribution in [3.8, 4) is 0 Å². The number of hydrogen-bond acceptors (Lipinski definition) is 3. The Bertz CT molecular complexity index is 637. The lowest BCUT2D eigenvalue weighted by Crippen LogP contribution is -2.53. The first-order valence-electron chi connectivity index (χ1n) is 8.31. The van der Waals surface area contributed by atoms with Gasteiger partial charge in [-0.3, -0.25) is 9.59 Å². The van der Waals surface area contributed by atoms with Crippen molar-refractivity contribution in [3.63, 3.8) is 0 Å². The van der Waals surface area contributed by atoms with Crippen LogP contribution in [0.2, 0.25) is 0 Å². The van der Waals surface area contributed by atoms with Gasteiger partial charge in [-0.15, -0.1) is 12.4 Å². The number of hydrogen-bond donors (Lipinski definition) is 2. The van der Waals surface area contributed by atoms with Crippen LogP contribution in [-0.2, 0) is 4.79 Å². The van der Waals surface area contributed by atoms with Crippen LogP contribution in [-0.4, -0.2) is 41.9 Å². The Hall–Kier alpha value is -1.11. The Morgan fingerprint density at radius 2 is 2.08 bits per heavy atom. The molecule has 1 atom stereocenters. The molecule has 0 radical (unpaired) electrons. The monoisotopic (exact) mass is 431 g/mol. The Morgan fingerprint density at radius 1 is 1.40 bits per heavy atom. The Kier molecular flexibility index (Phi) is 7.90. The van der Waals surface area contributed by atoms with Crippen molar-refractivity contribution in [2.45, 2.75) is 39.2 Å². The minimum absolute atomic E-state index is 0. The van der Waals surface area contributed by atoms with E-state index in [0.717, 1.165) is 22.9 Å². The van der Waals surface area contributed by atoms with Crippen LogP contribution in [0.4, 0.5) is 0 Å². The van der Waals surface area contributed by atoms with E-state index >= 15 is 0 Å². The van der Waals surface area contributed by atoms with Crippen molar-refractivity contribution in [1.29, 1.82) is 0 Å². The van der Waals surface area contributed by atoms with Crippen molar-refractivity contribution in [1.82, 2.24) is 10.2 Å². The molecule has 0 spiro atoms. The molecule has 25 heavy (non-hydrogen) atoms. The lowest BCUT2D eigenvalue weighted by molar-refractivity contribution is -0.127. The first kappa shape index (κ1) is 21.9. The van der Waals surface area contributed by atoms with Crippen LogP contribution in [0.3, 0.4) is 0 Å². The molecule has 1 heterocycles. The van der Waals surface area contributed by atoms with Gasteiger partial charge in [-0.25, -0.2) is 0 Å². The van der Waals surface area contributed by atoms with Gasteiger partial charge >= 0.3 is 0 Å². The topological polar surface area (TPSA) is 75.4 Å². The fourth-order valence-corrected chi connectivity index (χ4v) is 3.38. The summed E-state index contributed by atoms with van der Waals surface area (Å²) < 4.78 is 0.955. The molecule has 0 aromatic heterocycles. The van der Waals surface area contributed by atoms with E-state index in [1.54, 1.807) is 4.90 Å². The summed E-state index contributed by atoms with van der Waals surface area (Å²) in [7, 11) is 0. The van der Waals surface area contributed by atoms with E-state index in [4.69, 9.17) is 5.73 Å². The number of benzene rings is 1. The van der Waals surface area contributed by atoms with E-state index in [9.17, 15) is 9.59 Å². The third-order valence-electron chi connectivity index (χ3n) is 4.47. The zero-order valence-electron chi connectivity index (χ0n) is 15.0. The number of carbonyl (C=O) groups is 2. The molecular weight excluding hydrogens is 406 g/mol. The van der Waals surface area contributed by atoms with E-state index < -0.39 is 5.54 Å².